The van der Waals surface area contributed by atoms with Crippen molar-refractivity contribution in [1.82, 2.24) is 5.32 Å². The molecule has 0 atom stereocenters. The molecule has 0 saturated heterocycles. The molecule has 1 saturated carbocycles. The van der Waals surface area contributed by atoms with Crippen molar-refractivity contribution in [3.63, 3.8) is 0 Å². The molecule has 1 rings (SSSR count). The molecule has 120 valence electrons. The van der Waals surface area contributed by atoms with Gasteiger partial charge in [0.1, 0.15) is 0 Å². The minimum Gasteiger partial charge on any atom is -0.316 e. The molecule has 1 heteroatoms. The third-order valence-electron chi connectivity index (χ3n) is 5.16. The van der Waals surface area contributed by atoms with Gasteiger partial charge in [0.05, 0.1) is 0 Å². The molecule has 0 spiro atoms. The van der Waals surface area contributed by atoms with E-state index >= 15 is 0 Å². The van der Waals surface area contributed by atoms with E-state index in [1.165, 1.54) is 45.2 Å². The number of nitrogens with one attached hydrogen (secondary N) is 1. The summed E-state index contributed by atoms with van der Waals surface area (Å²) in [5, 5.41) is 3.75. The normalized spacial score (nSPS) is 28.4. The summed E-state index contributed by atoms with van der Waals surface area (Å²) in [6.45, 7) is 19.1. The summed E-state index contributed by atoms with van der Waals surface area (Å²) in [6, 6.07) is 0. The molecule has 0 aromatic carbocycles. The van der Waals surface area contributed by atoms with Crippen LogP contribution < -0.4 is 5.32 Å². The van der Waals surface area contributed by atoms with Gasteiger partial charge >= 0.3 is 0 Å². The molecular weight excluding hydrogens is 242 g/mol. The van der Waals surface area contributed by atoms with E-state index in [9.17, 15) is 0 Å². The topological polar surface area (TPSA) is 12.0 Å². The van der Waals surface area contributed by atoms with Gasteiger partial charge in [-0.05, 0) is 67.2 Å². The predicted molar refractivity (Wildman–Crippen MR) is 91.0 cm³/mol. The molecule has 20 heavy (non-hydrogen) atoms. The molecule has 0 amide bonds. The number of rotatable bonds is 6. The molecule has 1 aliphatic carbocycles. The van der Waals surface area contributed by atoms with E-state index in [1.54, 1.807) is 0 Å². The second-order valence-electron chi connectivity index (χ2n) is 9.26. The summed E-state index contributed by atoms with van der Waals surface area (Å²) in [4.78, 5) is 0. The highest BCUT2D eigenvalue weighted by Gasteiger charge is 2.38. The van der Waals surface area contributed by atoms with Crippen molar-refractivity contribution in [2.75, 3.05) is 13.1 Å². The molecule has 1 aliphatic rings. The average Bonchev–Trinajstić information content (AvgIpc) is 2.26. The standard InChI is InChI=1S/C19H39N/c1-15(2)12-19(14-20-13-16(3)4)10-8-17(9-11-19)18(5,6)7/h15-17,20H,8-14H2,1-7H3. The Morgan fingerprint density at radius 3 is 1.95 bits per heavy atom. The molecular formula is C19H39N. The van der Waals surface area contributed by atoms with E-state index in [2.05, 4.69) is 53.8 Å². The fraction of sp³-hybridized carbons (Fsp3) is 1.00. The summed E-state index contributed by atoms with van der Waals surface area (Å²) in [5.41, 5.74) is 1.07. The smallest absolute Gasteiger partial charge is 0.000802 e. The first-order valence-corrected chi connectivity index (χ1v) is 8.85. The highest BCUT2D eigenvalue weighted by Crippen LogP contribution is 2.47. The van der Waals surface area contributed by atoms with Crippen LogP contribution in [0.25, 0.3) is 0 Å². The zero-order valence-electron chi connectivity index (χ0n) is 15.2. The van der Waals surface area contributed by atoms with Gasteiger partial charge in [-0.2, -0.15) is 0 Å². The fourth-order valence-corrected chi connectivity index (χ4v) is 4.04. The van der Waals surface area contributed by atoms with E-state index < -0.39 is 0 Å². The first kappa shape index (κ1) is 18.0. The van der Waals surface area contributed by atoms with Crippen molar-refractivity contribution in [3.8, 4) is 0 Å². The lowest BCUT2D eigenvalue weighted by molar-refractivity contribution is 0.0696. The molecule has 0 radical (unpaired) electrons. The van der Waals surface area contributed by atoms with Crippen LogP contribution in [0.2, 0.25) is 0 Å². The van der Waals surface area contributed by atoms with Crippen LogP contribution in [0, 0.1) is 28.6 Å². The largest absolute Gasteiger partial charge is 0.316 e. The van der Waals surface area contributed by atoms with Crippen molar-refractivity contribution in [2.24, 2.45) is 28.6 Å². The number of hydrogen-bond donors (Lipinski definition) is 1. The zero-order valence-corrected chi connectivity index (χ0v) is 15.2. The lowest BCUT2D eigenvalue weighted by Gasteiger charge is -2.45. The van der Waals surface area contributed by atoms with Crippen LogP contribution in [0.1, 0.15) is 80.6 Å². The maximum atomic E-state index is 3.75. The molecule has 1 nitrogen and oxygen atoms in total. The van der Waals surface area contributed by atoms with Crippen LogP contribution >= 0.6 is 0 Å². The van der Waals surface area contributed by atoms with Crippen molar-refractivity contribution in [3.05, 3.63) is 0 Å². The van der Waals surface area contributed by atoms with E-state index in [0.717, 1.165) is 17.8 Å². The van der Waals surface area contributed by atoms with Gasteiger partial charge in [-0.3, -0.25) is 0 Å². The zero-order chi connectivity index (χ0) is 15.4. The van der Waals surface area contributed by atoms with E-state index in [-0.39, 0.29) is 0 Å². The minimum absolute atomic E-state index is 0.495. The molecule has 1 fully saturated rings. The summed E-state index contributed by atoms with van der Waals surface area (Å²) in [7, 11) is 0. The summed E-state index contributed by atoms with van der Waals surface area (Å²) in [6.07, 6.45) is 7.12. The van der Waals surface area contributed by atoms with Gasteiger partial charge in [0.2, 0.25) is 0 Å². The predicted octanol–water partition coefficient (Wildman–Crippen LogP) is 5.50. The van der Waals surface area contributed by atoms with Crippen molar-refractivity contribution < 1.29 is 0 Å². The van der Waals surface area contributed by atoms with Crippen molar-refractivity contribution in [2.45, 2.75) is 80.6 Å². The van der Waals surface area contributed by atoms with Gasteiger partial charge in [0, 0.05) is 6.54 Å². The maximum absolute atomic E-state index is 3.75. The Kier molecular flexibility index (Phi) is 6.57. The molecule has 0 unspecified atom stereocenters. The Balaban J connectivity index is 2.58. The molecule has 0 aromatic rings. The Labute approximate surface area is 128 Å². The summed E-state index contributed by atoms with van der Waals surface area (Å²) in [5.74, 6) is 2.51. The first-order chi connectivity index (χ1) is 9.15. The second kappa shape index (κ2) is 7.29. The van der Waals surface area contributed by atoms with Crippen LogP contribution in [0.5, 0.6) is 0 Å². The second-order valence-corrected chi connectivity index (χ2v) is 9.26. The van der Waals surface area contributed by atoms with E-state index in [0.29, 0.717) is 10.8 Å². The third kappa shape index (κ3) is 5.76. The lowest BCUT2D eigenvalue weighted by Crippen LogP contribution is -2.41. The monoisotopic (exact) mass is 281 g/mol. The molecule has 0 aromatic heterocycles. The van der Waals surface area contributed by atoms with Gasteiger partial charge in [-0.1, -0.05) is 48.5 Å². The SMILES string of the molecule is CC(C)CNCC1(CC(C)C)CCC(C(C)(C)C)CC1. The summed E-state index contributed by atoms with van der Waals surface area (Å²) >= 11 is 0. The van der Waals surface area contributed by atoms with Gasteiger partial charge < -0.3 is 5.32 Å². The van der Waals surface area contributed by atoms with Crippen LogP contribution in [0.15, 0.2) is 0 Å². The van der Waals surface area contributed by atoms with E-state index in [1.807, 2.05) is 0 Å². The van der Waals surface area contributed by atoms with E-state index in [4.69, 9.17) is 0 Å². The van der Waals surface area contributed by atoms with Crippen molar-refractivity contribution in [1.29, 1.82) is 0 Å². The van der Waals surface area contributed by atoms with Gasteiger partial charge in [0.15, 0.2) is 0 Å². The lowest BCUT2D eigenvalue weighted by atomic mass is 9.62. The molecule has 0 bridgehead atoms. The quantitative estimate of drug-likeness (QED) is 0.678. The summed E-state index contributed by atoms with van der Waals surface area (Å²) < 4.78 is 0. The van der Waals surface area contributed by atoms with Crippen LogP contribution in [0.3, 0.4) is 0 Å². The number of hydrogen-bond acceptors (Lipinski definition) is 1. The third-order valence-corrected chi connectivity index (χ3v) is 5.16. The Bertz CT molecular complexity index is 264. The maximum Gasteiger partial charge on any atom is 0.000802 e. The van der Waals surface area contributed by atoms with Gasteiger partial charge in [0.25, 0.3) is 0 Å². The fourth-order valence-electron chi connectivity index (χ4n) is 4.04. The van der Waals surface area contributed by atoms with Crippen LogP contribution in [-0.4, -0.2) is 13.1 Å². The van der Waals surface area contributed by atoms with Gasteiger partial charge in [-0.15, -0.1) is 0 Å². The Morgan fingerprint density at radius 1 is 1.00 bits per heavy atom. The average molecular weight is 282 g/mol. The highest BCUT2D eigenvalue weighted by molar-refractivity contribution is 4.91. The van der Waals surface area contributed by atoms with Gasteiger partial charge in [-0.25, -0.2) is 0 Å². The van der Waals surface area contributed by atoms with Crippen molar-refractivity contribution >= 4 is 0 Å². The minimum atomic E-state index is 0.495. The molecule has 1 N–H and O–H groups in total. The van der Waals surface area contributed by atoms with Crippen LogP contribution in [-0.2, 0) is 0 Å². The first-order valence-electron chi connectivity index (χ1n) is 8.85. The Morgan fingerprint density at radius 2 is 1.55 bits per heavy atom. The highest BCUT2D eigenvalue weighted by atomic mass is 14.9. The Hall–Kier alpha value is -0.0400. The van der Waals surface area contributed by atoms with Crippen LogP contribution in [0.4, 0.5) is 0 Å². The molecule has 0 aliphatic heterocycles. The molecule has 0 heterocycles.